The third-order valence-corrected chi connectivity index (χ3v) is 5.62. The Balaban J connectivity index is 1.98. The third kappa shape index (κ3) is 8.10. The predicted octanol–water partition coefficient (Wildman–Crippen LogP) is 2.05. The number of benzene rings is 2. The zero-order chi connectivity index (χ0) is 21.8. The Kier molecular flexibility index (Phi) is 9.72. The number of methoxy groups -OCH3 is 1. The van der Waals surface area contributed by atoms with Crippen LogP contribution in [0.25, 0.3) is 0 Å². The molecular weight excluding hydrogens is 407 g/mol. The Morgan fingerprint density at radius 2 is 1.83 bits per heavy atom. The third-order valence-electron chi connectivity index (χ3n) is 4.17. The maximum atomic E-state index is 13.3. The summed E-state index contributed by atoms with van der Waals surface area (Å²) in [4.78, 5) is 4.71. The Labute approximate surface area is 177 Å². The van der Waals surface area contributed by atoms with Crippen LogP contribution in [0.5, 0.6) is 0 Å². The molecule has 2 rings (SSSR count). The summed E-state index contributed by atoms with van der Waals surface area (Å²) >= 11 is 0. The molecule has 3 N–H and O–H groups in total. The van der Waals surface area contributed by atoms with Crippen LogP contribution < -0.4 is 15.4 Å². The molecule has 0 saturated heterocycles. The number of aliphatic imine (C=N–C) groups is 1. The first-order valence-electron chi connectivity index (χ1n) is 9.78. The van der Waals surface area contributed by atoms with E-state index in [4.69, 9.17) is 4.74 Å². The van der Waals surface area contributed by atoms with Crippen molar-refractivity contribution in [1.29, 1.82) is 0 Å². The van der Waals surface area contributed by atoms with Crippen LogP contribution in [0.4, 0.5) is 4.39 Å². The average molecular weight is 437 g/mol. The number of nitrogens with zero attached hydrogens (tertiary/aromatic N) is 1. The van der Waals surface area contributed by atoms with Gasteiger partial charge < -0.3 is 15.4 Å². The minimum Gasteiger partial charge on any atom is -0.383 e. The van der Waals surface area contributed by atoms with Gasteiger partial charge in [0.05, 0.1) is 18.0 Å². The summed E-state index contributed by atoms with van der Waals surface area (Å²) < 4.78 is 45.3. The predicted molar refractivity (Wildman–Crippen MR) is 116 cm³/mol. The lowest BCUT2D eigenvalue weighted by Crippen LogP contribution is -2.38. The van der Waals surface area contributed by atoms with Crippen molar-refractivity contribution in [3.63, 3.8) is 0 Å². The molecule has 7 nitrogen and oxygen atoms in total. The number of nitrogens with one attached hydrogen (secondary N) is 3. The molecular formula is C21H29FN4O3S. The van der Waals surface area contributed by atoms with Gasteiger partial charge in [0.25, 0.3) is 0 Å². The minimum absolute atomic E-state index is 0.190. The summed E-state index contributed by atoms with van der Waals surface area (Å²) in [7, 11) is -2.08. The van der Waals surface area contributed by atoms with E-state index in [1.165, 1.54) is 19.2 Å². The van der Waals surface area contributed by atoms with E-state index in [0.717, 1.165) is 11.1 Å². The van der Waals surface area contributed by atoms with Crippen LogP contribution >= 0.6 is 0 Å². The van der Waals surface area contributed by atoms with Crippen molar-refractivity contribution in [2.45, 2.75) is 24.8 Å². The topological polar surface area (TPSA) is 91.8 Å². The van der Waals surface area contributed by atoms with Crippen molar-refractivity contribution in [1.82, 2.24) is 15.4 Å². The lowest BCUT2D eigenvalue weighted by molar-refractivity contribution is 0.204. The van der Waals surface area contributed by atoms with Gasteiger partial charge in [-0.15, -0.1) is 0 Å². The van der Waals surface area contributed by atoms with Crippen molar-refractivity contribution < 1.29 is 17.5 Å². The summed E-state index contributed by atoms with van der Waals surface area (Å²) in [5, 5.41) is 6.36. The van der Waals surface area contributed by atoms with E-state index in [2.05, 4.69) is 20.3 Å². The van der Waals surface area contributed by atoms with Crippen molar-refractivity contribution >= 4 is 16.0 Å². The average Bonchev–Trinajstić information content (AvgIpc) is 2.72. The van der Waals surface area contributed by atoms with Crippen LogP contribution in [-0.2, 0) is 27.7 Å². The van der Waals surface area contributed by atoms with Gasteiger partial charge >= 0.3 is 0 Å². The molecule has 0 unspecified atom stereocenters. The first-order valence-corrected chi connectivity index (χ1v) is 11.3. The summed E-state index contributed by atoms with van der Waals surface area (Å²) in [6.07, 6.45) is 0.656. The van der Waals surface area contributed by atoms with E-state index >= 15 is 0 Å². The van der Waals surface area contributed by atoms with Gasteiger partial charge in [0.15, 0.2) is 5.96 Å². The molecule has 0 heterocycles. The zero-order valence-electron chi connectivity index (χ0n) is 17.3. The first kappa shape index (κ1) is 23.8. The zero-order valence-corrected chi connectivity index (χ0v) is 18.1. The van der Waals surface area contributed by atoms with E-state index in [1.807, 2.05) is 19.1 Å². The molecule has 0 aliphatic rings. The lowest BCUT2D eigenvalue weighted by atomic mass is 10.1. The molecule has 9 heteroatoms. The van der Waals surface area contributed by atoms with Crippen molar-refractivity contribution in [3.8, 4) is 0 Å². The molecule has 0 saturated carbocycles. The molecule has 0 radical (unpaired) electrons. The number of guanidine groups is 1. The van der Waals surface area contributed by atoms with E-state index in [-0.39, 0.29) is 17.3 Å². The Morgan fingerprint density at radius 3 is 2.57 bits per heavy atom. The lowest BCUT2D eigenvalue weighted by Gasteiger charge is -2.12. The van der Waals surface area contributed by atoms with Gasteiger partial charge in [0.1, 0.15) is 5.82 Å². The number of rotatable bonds is 11. The summed E-state index contributed by atoms with van der Waals surface area (Å²) in [5.74, 6) is 0.361. The molecule has 0 bridgehead atoms. The molecule has 0 aliphatic carbocycles. The molecule has 164 valence electrons. The monoisotopic (exact) mass is 436 g/mol. The number of ether oxygens (including phenoxy) is 1. The van der Waals surface area contributed by atoms with Crippen LogP contribution in [0, 0.1) is 5.82 Å². The number of halogens is 1. The Hall–Kier alpha value is -2.49. The molecule has 0 spiro atoms. The fourth-order valence-electron chi connectivity index (χ4n) is 2.70. The van der Waals surface area contributed by atoms with Crippen molar-refractivity contribution in [3.05, 3.63) is 65.5 Å². The van der Waals surface area contributed by atoms with Crippen molar-refractivity contribution in [2.75, 3.05) is 33.4 Å². The highest BCUT2D eigenvalue weighted by Crippen LogP contribution is 2.12. The number of hydrogen-bond donors (Lipinski definition) is 3. The second-order valence-electron chi connectivity index (χ2n) is 6.54. The Morgan fingerprint density at radius 1 is 1.07 bits per heavy atom. The maximum Gasteiger partial charge on any atom is 0.240 e. The normalized spacial score (nSPS) is 12.0. The van der Waals surface area contributed by atoms with Gasteiger partial charge in [0, 0.05) is 26.7 Å². The standard InChI is InChI=1S/C21H29FN4O3S/c1-3-23-21(24-11-10-17-6-4-8-19(22)14-17)25-16-18-7-5-9-20(15-18)30(27,28)26-12-13-29-2/h4-9,14-15,26H,3,10-13,16H2,1-2H3,(H2,23,24,25). The van der Waals surface area contributed by atoms with Crippen LogP contribution in [0.3, 0.4) is 0 Å². The van der Waals surface area contributed by atoms with E-state index in [9.17, 15) is 12.8 Å². The second kappa shape index (κ2) is 12.3. The summed E-state index contributed by atoms with van der Waals surface area (Å²) in [5.41, 5.74) is 1.67. The first-order chi connectivity index (χ1) is 14.4. The Bertz CT molecular complexity index is 935. The highest BCUT2D eigenvalue weighted by molar-refractivity contribution is 7.89. The molecule has 0 aliphatic heterocycles. The maximum absolute atomic E-state index is 13.3. The molecule has 0 aromatic heterocycles. The van der Waals surface area contributed by atoms with Crippen LogP contribution in [-0.4, -0.2) is 47.7 Å². The van der Waals surface area contributed by atoms with Crippen molar-refractivity contribution in [2.24, 2.45) is 4.99 Å². The fraction of sp³-hybridized carbons (Fsp3) is 0.381. The van der Waals surface area contributed by atoms with E-state index in [0.29, 0.717) is 38.6 Å². The van der Waals surface area contributed by atoms with E-state index < -0.39 is 10.0 Å². The molecule has 0 fully saturated rings. The van der Waals surface area contributed by atoms with Gasteiger partial charge in [-0.25, -0.2) is 22.5 Å². The highest BCUT2D eigenvalue weighted by atomic mass is 32.2. The minimum atomic E-state index is -3.59. The van der Waals surface area contributed by atoms with Crippen LogP contribution in [0.15, 0.2) is 58.4 Å². The SMILES string of the molecule is CCNC(=NCc1cccc(S(=O)(=O)NCCOC)c1)NCCc1cccc(F)c1. The van der Waals surface area contributed by atoms with Gasteiger partial charge in [-0.1, -0.05) is 24.3 Å². The molecule has 30 heavy (non-hydrogen) atoms. The van der Waals surface area contributed by atoms with Crippen LogP contribution in [0.1, 0.15) is 18.1 Å². The van der Waals surface area contributed by atoms with Gasteiger partial charge in [-0.05, 0) is 48.7 Å². The highest BCUT2D eigenvalue weighted by Gasteiger charge is 2.13. The smallest absolute Gasteiger partial charge is 0.240 e. The van der Waals surface area contributed by atoms with E-state index in [1.54, 1.807) is 24.3 Å². The largest absolute Gasteiger partial charge is 0.383 e. The summed E-state index contributed by atoms with van der Waals surface area (Å²) in [6.45, 7) is 4.06. The fourth-order valence-corrected chi connectivity index (χ4v) is 3.79. The number of sulfonamides is 1. The molecule has 2 aromatic rings. The van der Waals surface area contributed by atoms with Gasteiger partial charge in [-0.3, -0.25) is 0 Å². The molecule has 2 aromatic carbocycles. The molecule has 0 atom stereocenters. The summed E-state index contributed by atoms with van der Waals surface area (Å²) in [6, 6.07) is 13.2. The van der Waals surface area contributed by atoms with Crippen LogP contribution in [0.2, 0.25) is 0 Å². The number of hydrogen-bond acceptors (Lipinski definition) is 4. The van der Waals surface area contributed by atoms with Gasteiger partial charge in [-0.2, -0.15) is 0 Å². The quantitative estimate of drug-likeness (QED) is 0.285. The van der Waals surface area contributed by atoms with Gasteiger partial charge in [0.2, 0.25) is 10.0 Å². The second-order valence-corrected chi connectivity index (χ2v) is 8.31. The molecule has 0 amide bonds.